The average Bonchev–Trinajstić information content (AvgIpc) is 3.39. The van der Waals surface area contributed by atoms with Gasteiger partial charge < -0.3 is 0 Å². The van der Waals surface area contributed by atoms with Crippen LogP contribution in [-0.4, -0.2) is 0 Å². The summed E-state index contributed by atoms with van der Waals surface area (Å²) in [5, 5.41) is 4.45. The predicted octanol–water partition coefficient (Wildman–Crippen LogP) is 11.1. The molecule has 2 atom stereocenters. The molecule has 0 fully saturated rings. The first-order valence-electron chi connectivity index (χ1n) is 16.1. The molecular weight excluding hydrogens is 553 g/mol. The molecule has 7 rings (SSSR count). The molecule has 0 saturated heterocycles. The van der Waals surface area contributed by atoms with Crippen LogP contribution in [0, 0.1) is 11.8 Å². The van der Waals surface area contributed by atoms with Crippen LogP contribution in [0.1, 0.15) is 36.1 Å². The van der Waals surface area contributed by atoms with Crippen molar-refractivity contribution in [1.29, 1.82) is 0 Å². The van der Waals surface area contributed by atoms with Crippen LogP contribution >= 0.6 is 0 Å². The van der Waals surface area contributed by atoms with Gasteiger partial charge in [-0.2, -0.15) is 0 Å². The highest BCUT2D eigenvalue weighted by molar-refractivity contribution is 5.92. The van der Waals surface area contributed by atoms with E-state index in [0.717, 1.165) is 38.3 Å². The smallest absolute Gasteiger partial charge is 0.00324 e. The molecule has 0 aromatic heterocycles. The number of hydrogen-bond acceptors (Lipinski definition) is 0. The van der Waals surface area contributed by atoms with Crippen molar-refractivity contribution in [1.82, 2.24) is 0 Å². The van der Waals surface area contributed by atoms with Crippen LogP contribution in [0.2, 0.25) is 0 Å². The van der Waals surface area contributed by atoms with Gasteiger partial charge in [0.05, 0.1) is 0 Å². The molecule has 0 nitrogen and oxygen atoms in total. The standard InChI is InChI=1S/C46H38/c1-31-16-20-37-14-9-15-42(41(37)27-17-31)46-34(4)11-6-5-10-33(3)45(43-28-18-32(2)19-29-44(43)46)38-24-21-36(22-25-38)40-26-23-35-12-7-8-13-39(35)30-40/h5-32H,3-4H2,1-2H3. The number of allylic oxidation sites excluding steroid dienone is 4. The summed E-state index contributed by atoms with van der Waals surface area (Å²) in [7, 11) is 0. The van der Waals surface area contributed by atoms with E-state index in [2.05, 4.69) is 185 Å². The quantitative estimate of drug-likeness (QED) is 0.196. The summed E-state index contributed by atoms with van der Waals surface area (Å²) in [6, 6.07) is 39.2. The van der Waals surface area contributed by atoms with Crippen molar-refractivity contribution in [2.24, 2.45) is 11.8 Å². The van der Waals surface area contributed by atoms with Crippen molar-refractivity contribution in [3.8, 4) is 33.4 Å². The van der Waals surface area contributed by atoms with Gasteiger partial charge in [0.2, 0.25) is 0 Å². The number of fused-ring (bicyclic) bond motifs is 3. The lowest BCUT2D eigenvalue weighted by Gasteiger charge is -2.16. The van der Waals surface area contributed by atoms with Crippen molar-refractivity contribution >= 4 is 48.2 Å². The van der Waals surface area contributed by atoms with Gasteiger partial charge in [0.1, 0.15) is 0 Å². The topological polar surface area (TPSA) is 0 Å². The van der Waals surface area contributed by atoms with Crippen LogP contribution in [0.3, 0.4) is 0 Å². The maximum atomic E-state index is 4.63. The molecule has 0 amide bonds. The number of rotatable bonds is 3. The molecule has 2 aliphatic carbocycles. The Bertz CT molecular complexity index is 2260. The van der Waals surface area contributed by atoms with Crippen molar-refractivity contribution in [3.05, 3.63) is 166 Å². The fraction of sp³-hybridized carbons (Fsp3) is 0.0870. The first kappa shape index (κ1) is 29.3. The van der Waals surface area contributed by atoms with Crippen LogP contribution < -0.4 is 10.4 Å². The Hall–Kier alpha value is -5.46. The summed E-state index contributed by atoms with van der Waals surface area (Å²) in [6.07, 6.45) is 18.3. The summed E-state index contributed by atoms with van der Waals surface area (Å²) in [5.74, 6) is 0.666. The molecular formula is C46H38. The highest BCUT2D eigenvalue weighted by Gasteiger charge is 2.17. The van der Waals surface area contributed by atoms with Crippen molar-refractivity contribution in [2.45, 2.75) is 13.8 Å². The Labute approximate surface area is 272 Å². The third-order valence-corrected chi connectivity index (χ3v) is 9.12. The Kier molecular flexibility index (Phi) is 7.95. The molecule has 2 aliphatic rings. The molecule has 0 aliphatic heterocycles. The van der Waals surface area contributed by atoms with Crippen LogP contribution in [0.4, 0.5) is 0 Å². The van der Waals surface area contributed by atoms with Gasteiger partial charge in [-0.05, 0) is 94.7 Å². The Morgan fingerprint density at radius 3 is 1.70 bits per heavy atom. The number of benzene rings is 4. The third-order valence-electron chi connectivity index (χ3n) is 9.12. The molecule has 0 radical (unpaired) electrons. The van der Waals surface area contributed by atoms with E-state index in [1.54, 1.807) is 0 Å². The van der Waals surface area contributed by atoms with Gasteiger partial charge in [0.15, 0.2) is 0 Å². The van der Waals surface area contributed by atoms with E-state index in [1.807, 2.05) is 0 Å². The molecule has 0 saturated carbocycles. The Balaban J connectivity index is 1.50. The molecule has 0 heteroatoms. The lowest BCUT2D eigenvalue weighted by Crippen LogP contribution is -2.08. The summed E-state index contributed by atoms with van der Waals surface area (Å²) < 4.78 is 0. The van der Waals surface area contributed by atoms with E-state index in [0.29, 0.717) is 11.8 Å². The molecule has 5 aromatic rings. The normalized spacial score (nSPS) is 16.3. The van der Waals surface area contributed by atoms with Crippen molar-refractivity contribution in [2.75, 3.05) is 0 Å². The largest absolute Gasteiger partial charge is 0.0911 e. The third kappa shape index (κ3) is 5.71. The van der Waals surface area contributed by atoms with E-state index in [1.165, 1.54) is 38.6 Å². The summed E-state index contributed by atoms with van der Waals surface area (Å²) in [5.41, 5.74) is 11.7. The zero-order valence-corrected chi connectivity index (χ0v) is 26.6. The Morgan fingerprint density at radius 2 is 0.978 bits per heavy atom. The maximum absolute atomic E-state index is 4.63. The minimum atomic E-state index is 0.291. The second-order valence-electron chi connectivity index (χ2n) is 12.4. The van der Waals surface area contributed by atoms with Crippen LogP contribution in [-0.2, 0) is 0 Å². The summed E-state index contributed by atoms with van der Waals surface area (Å²) in [6.45, 7) is 13.7. The van der Waals surface area contributed by atoms with E-state index < -0.39 is 0 Å². The van der Waals surface area contributed by atoms with Gasteiger partial charge in [-0.15, -0.1) is 0 Å². The second-order valence-corrected chi connectivity index (χ2v) is 12.4. The first-order valence-corrected chi connectivity index (χ1v) is 16.1. The van der Waals surface area contributed by atoms with E-state index >= 15 is 0 Å². The second kappa shape index (κ2) is 12.5. The lowest BCUT2D eigenvalue weighted by atomic mass is 9.87. The SMILES string of the molecule is C=c1ccccc(=C)c(-c2cccc3c2C=CC(C)C=C3)c2c(c1-c1ccc(-c3ccc4ccccc4c3)cc1)C=CC(C)C=C2. The highest BCUT2D eigenvalue weighted by atomic mass is 14.2. The van der Waals surface area contributed by atoms with Crippen LogP contribution in [0.25, 0.3) is 81.6 Å². The molecule has 5 aromatic carbocycles. The zero-order valence-electron chi connectivity index (χ0n) is 26.6. The fourth-order valence-electron chi connectivity index (χ4n) is 6.59. The molecule has 0 bridgehead atoms. The van der Waals surface area contributed by atoms with Gasteiger partial charge in [0.25, 0.3) is 0 Å². The van der Waals surface area contributed by atoms with Crippen molar-refractivity contribution < 1.29 is 0 Å². The first-order chi connectivity index (χ1) is 22.5. The van der Waals surface area contributed by atoms with Gasteiger partial charge in [-0.1, -0.05) is 179 Å². The minimum Gasteiger partial charge on any atom is -0.0911 e. The Morgan fingerprint density at radius 1 is 0.435 bits per heavy atom. The van der Waals surface area contributed by atoms with Gasteiger partial charge in [-0.3, -0.25) is 0 Å². The molecule has 0 heterocycles. The summed E-state index contributed by atoms with van der Waals surface area (Å²) >= 11 is 0. The van der Waals surface area contributed by atoms with Gasteiger partial charge in [0, 0.05) is 0 Å². The lowest BCUT2D eigenvalue weighted by molar-refractivity contribution is 0.954. The van der Waals surface area contributed by atoms with E-state index in [-0.39, 0.29) is 0 Å². The maximum Gasteiger partial charge on any atom is -0.00324 e. The molecule has 2 unspecified atom stereocenters. The van der Waals surface area contributed by atoms with Gasteiger partial charge in [-0.25, -0.2) is 0 Å². The van der Waals surface area contributed by atoms with Crippen LogP contribution in [0.5, 0.6) is 0 Å². The van der Waals surface area contributed by atoms with Crippen LogP contribution in [0.15, 0.2) is 133 Å². The molecule has 0 spiro atoms. The molecule has 46 heavy (non-hydrogen) atoms. The van der Waals surface area contributed by atoms with Gasteiger partial charge >= 0.3 is 0 Å². The zero-order chi connectivity index (χ0) is 31.6. The molecule has 0 N–H and O–H groups in total. The monoisotopic (exact) mass is 590 g/mol. The fourth-order valence-corrected chi connectivity index (χ4v) is 6.59. The van der Waals surface area contributed by atoms with E-state index in [9.17, 15) is 0 Å². The number of hydrogen-bond donors (Lipinski definition) is 0. The molecule has 222 valence electrons. The minimum absolute atomic E-state index is 0.291. The van der Waals surface area contributed by atoms with Crippen molar-refractivity contribution in [3.63, 3.8) is 0 Å². The average molecular weight is 591 g/mol. The predicted molar refractivity (Wildman–Crippen MR) is 203 cm³/mol. The highest BCUT2D eigenvalue weighted by Crippen LogP contribution is 2.36. The summed E-state index contributed by atoms with van der Waals surface area (Å²) in [4.78, 5) is 0. The van der Waals surface area contributed by atoms with E-state index in [4.69, 9.17) is 0 Å².